The van der Waals surface area contributed by atoms with Crippen LogP contribution in [0.5, 0.6) is 0 Å². The molecule has 22 heteroatoms. The molecule has 8 unspecified atom stereocenters. The topological polar surface area (TPSA) is 222 Å². The molecule has 6 aliphatic rings. The Morgan fingerprint density at radius 3 is 1.27 bits per heavy atom. The highest BCUT2D eigenvalue weighted by Crippen LogP contribution is 2.43. The zero-order valence-corrected chi connectivity index (χ0v) is 85.2. The van der Waals surface area contributed by atoms with Crippen LogP contribution in [0.4, 0.5) is 4.79 Å². The number of carbonyl (C=O) groups excluding carboxylic acids is 2. The first-order chi connectivity index (χ1) is 68.3. The number of Topliss-reactive ketones (excluding diaryl/α,β-unsaturated/α-hetero) is 1. The number of sulfone groups is 1. The molecule has 17 atom stereocenters. The van der Waals surface area contributed by atoms with Crippen molar-refractivity contribution in [2.24, 2.45) is 4.99 Å². The van der Waals surface area contributed by atoms with Gasteiger partial charge in [-0.25, -0.2) is 13.2 Å². The Kier molecular flexibility index (Phi) is 44.8. The van der Waals surface area contributed by atoms with Gasteiger partial charge in [0.2, 0.25) is 5.78 Å². The third kappa shape index (κ3) is 34.8. The van der Waals surface area contributed by atoms with E-state index in [4.69, 9.17) is 76.0 Å². The van der Waals surface area contributed by atoms with Crippen molar-refractivity contribution >= 4 is 27.4 Å². The Balaban J connectivity index is 0.000000236. The monoisotopic (exact) mass is 1940 g/mol. The minimum absolute atomic E-state index is 0.0284. The lowest BCUT2D eigenvalue weighted by atomic mass is 9.93. The largest absolute Gasteiger partial charge is 0.487 e. The van der Waals surface area contributed by atoms with E-state index in [1.807, 2.05) is 253 Å². The summed E-state index contributed by atoms with van der Waals surface area (Å²) >= 11 is 0. The van der Waals surface area contributed by atoms with Gasteiger partial charge < -0.3 is 71.1 Å². The van der Waals surface area contributed by atoms with Gasteiger partial charge in [0.05, 0.1) is 75.4 Å². The third-order valence-electron chi connectivity index (χ3n) is 27.3. The van der Waals surface area contributed by atoms with Crippen LogP contribution in [0, 0.1) is 0 Å². The highest BCUT2D eigenvalue weighted by Gasteiger charge is 2.56. The van der Waals surface area contributed by atoms with Crippen LogP contribution in [-0.2, 0) is 127 Å². The summed E-state index contributed by atoms with van der Waals surface area (Å²) in [5, 5.41) is 0. The van der Waals surface area contributed by atoms with E-state index in [0.717, 1.165) is 77.5 Å². The summed E-state index contributed by atoms with van der Waals surface area (Å²) < 4.78 is 129. The standard InChI is InChI=1S/C59H79NO10S.C59H79NO9/c1-5-6-7-8-9-10-11-12-13-14-15-28-37-51-54(70-59(3,4)69-51)49(60-50(40-45-29-20-16-21-30-45)53(61)48-35-26-19-27-36-48)38-39-71(62,63)58-57(66-42-47-33-24-18-25-34-47)56(65-41-46-31-22-17-23-32-46)55-52(68-58)43-64-44(2)67-55;1-5-6-7-8-9-10-11-12-13-14-15-28-37-52-54(69-59(3,4)68-52)50(60(40-46-29-20-16-21-30-46)58(61)65-43-49-35-26-19-27-36-49)38-39-51-55(63-41-47-31-22-17-23-32-47)57(64-42-48-33-24-18-25-34-48)56-53(67-51)44-62-45(2)66-56/h16-27,29-36,44,49,51-52,54-58H,5-15,28,37-43H2,1-4H3;16-27,29-36,39,45,50,52-57H,5-15,28,37-38,40-44H2,1-4H3/t44?,49-,51?,52?,54-,55-,56?,57-,58-;45?,50-,52?,53?,54-,55+,56-,57?/m00/s1. The number of ketones is 1. The van der Waals surface area contributed by atoms with E-state index in [-0.39, 0.29) is 63.0 Å². The van der Waals surface area contributed by atoms with Gasteiger partial charge in [0, 0.05) is 18.5 Å². The van der Waals surface area contributed by atoms with E-state index < -0.39 is 119 Å². The van der Waals surface area contributed by atoms with E-state index in [2.05, 4.69) is 44.2 Å². The Labute approximate surface area is 835 Å². The summed E-state index contributed by atoms with van der Waals surface area (Å²) in [4.78, 5) is 36.5. The molecule has 760 valence electrons. The SMILES string of the molecule is CCCCCCCCCCCCCCC1OC(C)(C)O[C@H]1[C@H](CC=C1OC2COC(C)O[C@@H]2C(OCc2ccccc2)[C@@H]1OCc1ccccc1)N(Cc1ccccc1)C(=O)OCc1ccccc1.CCCCCCCCCCCCCCC1OC(C)(C)O[C@H]1[C@H](CCS(=O)(=O)[C@@H]1OC2COC(C)O[C@@H]2C(OCc2ccccc2)[C@@H]1OCc1ccccc1)N=C(Cc1ccccc1)C(=O)c1ccccc1. The first kappa shape index (κ1) is 109. The third-order valence-corrected chi connectivity index (χ3v) is 29.2. The Morgan fingerprint density at radius 1 is 0.429 bits per heavy atom. The molecule has 6 saturated heterocycles. The van der Waals surface area contributed by atoms with Crippen LogP contribution in [0.3, 0.4) is 0 Å². The molecule has 8 aromatic carbocycles. The van der Waals surface area contributed by atoms with Crippen LogP contribution in [-0.4, -0.2) is 165 Å². The number of fused-ring (bicyclic) bond motifs is 2. The van der Waals surface area contributed by atoms with Gasteiger partial charge in [-0.3, -0.25) is 14.7 Å². The van der Waals surface area contributed by atoms with Crippen LogP contribution in [0.1, 0.15) is 284 Å². The highest BCUT2D eigenvalue weighted by molar-refractivity contribution is 7.91. The first-order valence-electron chi connectivity index (χ1n) is 52.6. The number of ether oxygens (including phenoxy) is 15. The number of rotatable bonds is 56. The van der Waals surface area contributed by atoms with Crippen LogP contribution in [0.25, 0.3) is 0 Å². The molecule has 14 rings (SSSR count). The molecule has 6 heterocycles. The predicted octanol–water partition coefficient (Wildman–Crippen LogP) is 25.4. The molecule has 0 saturated carbocycles. The molecule has 6 aliphatic heterocycles. The summed E-state index contributed by atoms with van der Waals surface area (Å²) in [6, 6.07) is 77.2. The van der Waals surface area contributed by atoms with E-state index >= 15 is 8.42 Å². The fourth-order valence-electron chi connectivity index (χ4n) is 20.0. The zero-order valence-electron chi connectivity index (χ0n) is 84.4. The summed E-state index contributed by atoms with van der Waals surface area (Å²) in [6.45, 7) is 17.9. The van der Waals surface area contributed by atoms with E-state index in [1.165, 1.54) is 122 Å². The minimum atomic E-state index is -4.18. The van der Waals surface area contributed by atoms with E-state index in [9.17, 15) is 9.59 Å². The normalized spacial score (nSPS) is 24.5. The maximum Gasteiger partial charge on any atom is 0.410 e. The zero-order chi connectivity index (χ0) is 98.0. The van der Waals surface area contributed by atoms with Gasteiger partial charge in [0.15, 0.2) is 45.5 Å². The number of hydrogen-bond donors (Lipinski definition) is 0. The lowest BCUT2D eigenvalue weighted by Gasteiger charge is -2.48. The molecule has 0 aromatic heterocycles. The fraction of sp³-hybridized carbons (Fsp3) is 0.551. The first-order valence-corrected chi connectivity index (χ1v) is 54.3. The molecular formula is C118H158N2O19S. The summed E-state index contributed by atoms with van der Waals surface area (Å²) in [5.74, 6) is -1.79. The second-order valence-corrected chi connectivity index (χ2v) is 41.8. The average molecular weight is 1940 g/mol. The molecule has 8 aromatic rings. The number of nitrogens with zero attached hydrogens (tertiary/aromatic N) is 2. The maximum absolute atomic E-state index is 15.3. The average Bonchev–Trinajstić information content (AvgIpc) is 1.06. The summed E-state index contributed by atoms with van der Waals surface area (Å²) in [7, 11) is -4.18. The van der Waals surface area contributed by atoms with Crippen molar-refractivity contribution in [2.75, 3.05) is 19.0 Å². The van der Waals surface area contributed by atoms with Crippen molar-refractivity contribution in [3.63, 3.8) is 0 Å². The van der Waals surface area contributed by atoms with Gasteiger partial charge in [-0.2, -0.15) is 0 Å². The van der Waals surface area contributed by atoms with Crippen molar-refractivity contribution in [1.82, 2.24) is 4.90 Å². The van der Waals surface area contributed by atoms with Crippen molar-refractivity contribution in [2.45, 2.75) is 396 Å². The van der Waals surface area contributed by atoms with E-state index in [1.54, 1.807) is 12.1 Å². The lowest BCUT2D eigenvalue weighted by Crippen LogP contribution is -2.65. The maximum atomic E-state index is 15.3. The quantitative estimate of drug-likeness (QED) is 0.0196. The lowest BCUT2D eigenvalue weighted by molar-refractivity contribution is -0.323. The second kappa shape index (κ2) is 57.7. The highest BCUT2D eigenvalue weighted by atomic mass is 32.2. The summed E-state index contributed by atoms with van der Waals surface area (Å²) in [5.41, 5.74) is 6.04. The van der Waals surface area contributed by atoms with Crippen molar-refractivity contribution < 1.29 is 89.1 Å². The molecule has 0 bridgehead atoms. The fourth-order valence-corrected chi connectivity index (χ4v) is 21.7. The molecule has 0 aliphatic carbocycles. The van der Waals surface area contributed by atoms with Gasteiger partial charge in [-0.1, -0.05) is 411 Å². The Morgan fingerprint density at radius 2 is 0.807 bits per heavy atom. The number of benzene rings is 8. The number of amides is 1. The van der Waals surface area contributed by atoms with Crippen LogP contribution >= 0.6 is 0 Å². The van der Waals surface area contributed by atoms with Gasteiger partial charge in [-0.15, -0.1) is 0 Å². The van der Waals surface area contributed by atoms with Crippen LogP contribution in [0.2, 0.25) is 0 Å². The minimum Gasteiger partial charge on any atom is -0.487 e. The number of aliphatic imine (C=N–C) groups is 1. The summed E-state index contributed by atoms with van der Waals surface area (Å²) in [6.07, 6.45) is 25.7. The second-order valence-electron chi connectivity index (χ2n) is 39.6. The van der Waals surface area contributed by atoms with Gasteiger partial charge in [0.25, 0.3) is 0 Å². The molecule has 0 radical (unpaired) electrons. The molecular weight excluding hydrogens is 1780 g/mol. The van der Waals surface area contributed by atoms with Crippen LogP contribution < -0.4 is 0 Å². The molecule has 6 fully saturated rings. The smallest absolute Gasteiger partial charge is 0.410 e. The molecule has 0 N–H and O–H groups in total. The molecule has 0 spiro atoms. The number of hydrogen-bond acceptors (Lipinski definition) is 20. The number of carbonyl (C=O) groups is 2. The van der Waals surface area contributed by atoms with E-state index in [0.29, 0.717) is 56.2 Å². The molecule has 140 heavy (non-hydrogen) atoms. The van der Waals surface area contributed by atoms with Gasteiger partial charge in [-0.05, 0) is 112 Å². The van der Waals surface area contributed by atoms with Crippen molar-refractivity contribution in [1.29, 1.82) is 0 Å². The van der Waals surface area contributed by atoms with Crippen molar-refractivity contribution in [3.8, 4) is 0 Å². The van der Waals surface area contributed by atoms with Crippen LogP contribution in [0.15, 0.2) is 259 Å². The predicted molar refractivity (Wildman–Crippen MR) is 549 cm³/mol. The Hall–Kier alpha value is -8.66. The molecule has 1 amide bonds. The molecule has 21 nitrogen and oxygen atoms in total. The number of unbranched alkanes of at least 4 members (excludes halogenated alkanes) is 22. The van der Waals surface area contributed by atoms with Gasteiger partial charge in [0.1, 0.15) is 67.3 Å². The van der Waals surface area contributed by atoms with Gasteiger partial charge >= 0.3 is 6.09 Å². The van der Waals surface area contributed by atoms with Crippen molar-refractivity contribution in [3.05, 3.63) is 299 Å². The Bertz CT molecular complexity index is 4990.